The number of aliphatic imine (C=N–C) groups is 1. The Morgan fingerprint density at radius 2 is 2.10 bits per heavy atom. The first-order valence-electron chi connectivity index (χ1n) is 5.81. The van der Waals surface area contributed by atoms with Crippen LogP contribution in [0.1, 0.15) is 5.69 Å². The van der Waals surface area contributed by atoms with Crippen molar-refractivity contribution in [3.63, 3.8) is 0 Å². The molecule has 1 aromatic heterocycles. The summed E-state index contributed by atoms with van der Waals surface area (Å²) < 4.78 is 5.14. The van der Waals surface area contributed by atoms with Gasteiger partial charge in [0.15, 0.2) is 5.69 Å². The Bertz CT molecular complexity index is 644. The van der Waals surface area contributed by atoms with Crippen LogP contribution in [0.15, 0.2) is 51.9 Å². The zero-order valence-corrected chi connectivity index (χ0v) is 10.4. The Kier molecular flexibility index (Phi) is 4.28. The quantitative estimate of drug-likeness (QED) is 0.642. The van der Waals surface area contributed by atoms with Crippen molar-refractivity contribution in [1.29, 1.82) is 0 Å². The van der Waals surface area contributed by atoms with Crippen LogP contribution in [0.5, 0.6) is 5.95 Å². The van der Waals surface area contributed by atoms with Crippen molar-refractivity contribution in [2.75, 3.05) is 6.54 Å². The second kappa shape index (κ2) is 6.33. The first-order chi connectivity index (χ1) is 9.66. The highest BCUT2D eigenvalue weighted by Gasteiger charge is 2.11. The van der Waals surface area contributed by atoms with Crippen LogP contribution in [0.25, 0.3) is 11.5 Å². The molecule has 2 rings (SSSR count). The minimum atomic E-state index is -1.03. The van der Waals surface area contributed by atoms with E-state index in [2.05, 4.69) is 9.98 Å². The van der Waals surface area contributed by atoms with Crippen LogP contribution in [-0.4, -0.2) is 33.9 Å². The number of hydrogen-bond acceptors (Lipinski definition) is 5. The van der Waals surface area contributed by atoms with Crippen LogP contribution in [0.3, 0.4) is 0 Å². The number of carbonyl (C=O) groups is 1. The molecule has 1 aromatic carbocycles. The van der Waals surface area contributed by atoms with Gasteiger partial charge in [0.1, 0.15) is 0 Å². The minimum Gasteiger partial charge on any atom is -0.479 e. The highest BCUT2D eigenvalue weighted by molar-refractivity contribution is 5.81. The van der Waals surface area contributed by atoms with Crippen molar-refractivity contribution in [2.24, 2.45) is 4.99 Å². The molecule has 0 unspecified atom stereocenters. The molecule has 0 atom stereocenters. The normalized spacial score (nSPS) is 11.4. The van der Waals surface area contributed by atoms with Gasteiger partial charge in [-0.2, -0.15) is 0 Å². The first-order valence-corrected chi connectivity index (χ1v) is 5.81. The van der Waals surface area contributed by atoms with Gasteiger partial charge in [0.05, 0.1) is 12.8 Å². The molecule has 0 spiro atoms. The smallest absolute Gasteiger partial charge is 0.328 e. The van der Waals surface area contributed by atoms with Gasteiger partial charge < -0.3 is 14.6 Å². The van der Waals surface area contributed by atoms with Gasteiger partial charge >= 0.3 is 11.9 Å². The molecular formula is C14H12N2O4. The third-order valence-electron chi connectivity index (χ3n) is 2.34. The van der Waals surface area contributed by atoms with Crippen molar-refractivity contribution in [3.05, 3.63) is 48.2 Å². The van der Waals surface area contributed by atoms with E-state index in [4.69, 9.17) is 9.52 Å². The standard InChI is InChI=1S/C14H12N2O4/c17-12(18)7-4-8-15-9-11-14(19)20-13(16-11)10-5-2-1-3-6-10/h1-7,9,19H,8H2,(H,17,18)/b7-4+,15-9?. The largest absolute Gasteiger partial charge is 0.479 e. The van der Waals surface area contributed by atoms with Gasteiger partial charge in [0.25, 0.3) is 0 Å². The Labute approximate surface area is 114 Å². The molecule has 2 N–H and O–H groups in total. The zero-order valence-electron chi connectivity index (χ0n) is 10.4. The SMILES string of the molecule is O=C(O)/C=C/CN=Cc1nc(-c2ccccc2)oc1O. The fourth-order valence-electron chi connectivity index (χ4n) is 1.47. The number of aliphatic carboxylic acids is 1. The maximum Gasteiger partial charge on any atom is 0.328 e. The van der Waals surface area contributed by atoms with Gasteiger partial charge in [-0.1, -0.05) is 24.3 Å². The van der Waals surface area contributed by atoms with E-state index in [-0.39, 0.29) is 18.2 Å². The molecule has 0 amide bonds. The highest BCUT2D eigenvalue weighted by atomic mass is 16.5. The van der Waals surface area contributed by atoms with Crippen LogP contribution in [0.4, 0.5) is 0 Å². The maximum absolute atomic E-state index is 10.2. The van der Waals surface area contributed by atoms with Crippen LogP contribution in [0, 0.1) is 0 Å². The Balaban J connectivity index is 2.08. The number of oxazole rings is 1. The van der Waals surface area contributed by atoms with E-state index in [9.17, 15) is 9.90 Å². The van der Waals surface area contributed by atoms with Gasteiger partial charge in [-0.25, -0.2) is 9.78 Å². The van der Waals surface area contributed by atoms with Crippen molar-refractivity contribution in [2.45, 2.75) is 0 Å². The van der Waals surface area contributed by atoms with E-state index in [0.29, 0.717) is 5.89 Å². The predicted molar refractivity (Wildman–Crippen MR) is 72.8 cm³/mol. The summed E-state index contributed by atoms with van der Waals surface area (Å²) in [5.74, 6) is -1.06. The minimum absolute atomic E-state index is 0.180. The molecule has 0 radical (unpaired) electrons. The molecule has 0 saturated heterocycles. The van der Waals surface area contributed by atoms with Gasteiger partial charge in [-0.05, 0) is 12.1 Å². The number of rotatable bonds is 5. The second-order valence-electron chi connectivity index (χ2n) is 3.81. The van der Waals surface area contributed by atoms with E-state index in [1.54, 1.807) is 0 Å². The van der Waals surface area contributed by atoms with Gasteiger partial charge in [-0.3, -0.25) is 4.99 Å². The molecule has 1 heterocycles. The molecule has 20 heavy (non-hydrogen) atoms. The molecule has 0 saturated carbocycles. The van der Waals surface area contributed by atoms with Crippen LogP contribution in [-0.2, 0) is 4.79 Å². The molecule has 0 aliphatic rings. The van der Waals surface area contributed by atoms with Crippen molar-refractivity contribution >= 4 is 12.2 Å². The predicted octanol–water partition coefficient (Wildman–Crippen LogP) is 2.11. The zero-order chi connectivity index (χ0) is 14.4. The third kappa shape index (κ3) is 3.55. The molecule has 0 aliphatic heterocycles. The average molecular weight is 272 g/mol. The van der Waals surface area contributed by atoms with E-state index in [1.165, 1.54) is 12.3 Å². The molecule has 0 fully saturated rings. The molecule has 6 heteroatoms. The molecular weight excluding hydrogens is 260 g/mol. The summed E-state index contributed by atoms with van der Waals surface area (Å²) in [6.45, 7) is 0.180. The van der Waals surface area contributed by atoms with Crippen LogP contribution < -0.4 is 0 Å². The molecule has 0 bridgehead atoms. The topological polar surface area (TPSA) is 95.9 Å². The van der Waals surface area contributed by atoms with E-state index < -0.39 is 5.97 Å². The number of carboxylic acid groups (broad SMARTS) is 1. The number of benzene rings is 1. The Morgan fingerprint density at radius 1 is 1.35 bits per heavy atom. The van der Waals surface area contributed by atoms with E-state index >= 15 is 0 Å². The second-order valence-corrected chi connectivity index (χ2v) is 3.81. The molecule has 6 nitrogen and oxygen atoms in total. The summed E-state index contributed by atoms with van der Waals surface area (Å²) in [6, 6.07) is 9.15. The summed E-state index contributed by atoms with van der Waals surface area (Å²) in [4.78, 5) is 18.3. The average Bonchev–Trinajstić information content (AvgIpc) is 2.81. The number of hydrogen-bond donors (Lipinski definition) is 2. The number of aromatic hydroxyl groups is 1. The Morgan fingerprint density at radius 3 is 2.80 bits per heavy atom. The summed E-state index contributed by atoms with van der Waals surface area (Å²) in [5, 5.41) is 18.0. The number of aromatic nitrogens is 1. The summed E-state index contributed by atoms with van der Waals surface area (Å²) in [5.41, 5.74) is 0.945. The van der Waals surface area contributed by atoms with Crippen molar-refractivity contribution in [3.8, 4) is 17.4 Å². The van der Waals surface area contributed by atoms with E-state index in [0.717, 1.165) is 11.6 Å². The summed E-state index contributed by atoms with van der Waals surface area (Å²) >= 11 is 0. The van der Waals surface area contributed by atoms with Gasteiger partial charge in [-0.15, -0.1) is 0 Å². The lowest BCUT2D eigenvalue weighted by Crippen LogP contribution is -1.88. The number of carboxylic acids is 1. The number of nitrogens with zero attached hydrogens (tertiary/aromatic N) is 2. The van der Waals surface area contributed by atoms with E-state index in [1.807, 2.05) is 30.3 Å². The van der Waals surface area contributed by atoms with Crippen molar-refractivity contribution in [1.82, 2.24) is 4.98 Å². The fraction of sp³-hybridized carbons (Fsp3) is 0.0714. The van der Waals surface area contributed by atoms with Crippen LogP contribution in [0.2, 0.25) is 0 Å². The lowest BCUT2D eigenvalue weighted by molar-refractivity contribution is -0.131. The van der Waals surface area contributed by atoms with Crippen molar-refractivity contribution < 1.29 is 19.4 Å². The molecule has 102 valence electrons. The Hall–Kier alpha value is -2.89. The summed E-state index contributed by atoms with van der Waals surface area (Å²) in [7, 11) is 0. The maximum atomic E-state index is 10.2. The van der Waals surface area contributed by atoms with Crippen LogP contribution >= 0.6 is 0 Å². The lowest BCUT2D eigenvalue weighted by atomic mass is 10.2. The van der Waals surface area contributed by atoms with Gasteiger partial charge in [0, 0.05) is 11.6 Å². The van der Waals surface area contributed by atoms with Gasteiger partial charge in [0.2, 0.25) is 5.89 Å². The first kappa shape index (κ1) is 13.5. The monoisotopic (exact) mass is 272 g/mol. The lowest BCUT2D eigenvalue weighted by Gasteiger charge is -1.91. The molecule has 0 aliphatic carbocycles. The molecule has 2 aromatic rings. The summed E-state index contributed by atoms with van der Waals surface area (Å²) in [6.07, 6.45) is 3.71. The fourth-order valence-corrected chi connectivity index (χ4v) is 1.47. The third-order valence-corrected chi connectivity index (χ3v) is 2.34. The highest BCUT2D eigenvalue weighted by Crippen LogP contribution is 2.24.